The quantitative estimate of drug-likeness (QED) is 0.671. The Morgan fingerprint density at radius 3 is 2.37 bits per heavy atom. The Morgan fingerprint density at radius 2 is 1.84 bits per heavy atom. The molecule has 0 saturated carbocycles. The zero-order valence-electron chi connectivity index (χ0n) is 10.8. The van der Waals surface area contributed by atoms with Gasteiger partial charge in [0.25, 0.3) is 0 Å². The summed E-state index contributed by atoms with van der Waals surface area (Å²) in [7, 11) is 1.51. The Bertz CT molecular complexity index is 295. The number of hydrogen-bond acceptors (Lipinski definition) is 2. The van der Waals surface area contributed by atoms with Gasteiger partial charge >= 0.3 is 18.2 Å². The van der Waals surface area contributed by atoms with Gasteiger partial charge in [-0.25, -0.2) is 4.79 Å². The van der Waals surface area contributed by atoms with Crippen LogP contribution in [-0.4, -0.2) is 48.3 Å². The van der Waals surface area contributed by atoms with Gasteiger partial charge in [-0.3, -0.25) is 4.79 Å². The van der Waals surface area contributed by atoms with Crippen LogP contribution in [0.1, 0.15) is 32.1 Å². The number of carbonyl (C=O) groups is 2. The summed E-state index contributed by atoms with van der Waals surface area (Å²) < 4.78 is 35.5. The SMILES string of the molecule is CN(CCCC(=O)O)C(=O)NCCCCC(F)(F)F. The van der Waals surface area contributed by atoms with Crippen LogP contribution in [0.25, 0.3) is 0 Å². The maximum atomic E-state index is 11.8. The predicted molar refractivity (Wildman–Crippen MR) is 62.8 cm³/mol. The first-order chi connectivity index (χ1) is 8.72. The molecule has 0 unspecified atom stereocenters. The van der Waals surface area contributed by atoms with E-state index in [-0.39, 0.29) is 25.8 Å². The van der Waals surface area contributed by atoms with Gasteiger partial charge < -0.3 is 15.3 Å². The van der Waals surface area contributed by atoms with Gasteiger partial charge in [-0.1, -0.05) is 0 Å². The lowest BCUT2D eigenvalue weighted by atomic mass is 10.2. The lowest BCUT2D eigenvalue weighted by molar-refractivity contribution is -0.137. The number of urea groups is 1. The maximum absolute atomic E-state index is 11.8. The summed E-state index contributed by atoms with van der Waals surface area (Å²) in [5.74, 6) is -0.930. The third kappa shape index (κ3) is 11.4. The Morgan fingerprint density at radius 1 is 1.21 bits per heavy atom. The van der Waals surface area contributed by atoms with Gasteiger partial charge in [-0.2, -0.15) is 13.2 Å². The number of carboxylic acid groups (broad SMARTS) is 1. The third-order valence-corrected chi connectivity index (χ3v) is 2.39. The van der Waals surface area contributed by atoms with Gasteiger partial charge in [-0.05, 0) is 19.3 Å². The second-order valence-electron chi connectivity index (χ2n) is 4.22. The maximum Gasteiger partial charge on any atom is 0.389 e. The highest BCUT2D eigenvalue weighted by molar-refractivity contribution is 5.73. The molecule has 2 amide bonds. The van der Waals surface area contributed by atoms with Crippen LogP contribution in [0.4, 0.5) is 18.0 Å². The highest BCUT2D eigenvalue weighted by Crippen LogP contribution is 2.21. The molecule has 5 nitrogen and oxygen atoms in total. The number of hydrogen-bond donors (Lipinski definition) is 2. The Hall–Kier alpha value is -1.47. The summed E-state index contributed by atoms with van der Waals surface area (Å²) in [6.07, 6.45) is -4.45. The second kappa shape index (κ2) is 8.60. The van der Waals surface area contributed by atoms with Gasteiger partial charge in [0.05, 0.1) is 0 Å². The fraction of sp³-hybridized carbons (Fsp3) is 0.818. The number of nitrogens with zero attached hydrogens (tertiary/aromatic N) is 1. The van der Waals surface area contributed by atoms with E-state index in [9.17, 15) is 22.8 Å². The van der Waals surface area contributed by atoms with Crippen LogP contribution in [0.15, 0.2) is 0 Å². The molecule has 0 fully saturated rings. The standard InChI is InChI=1S/C11H19F3N2O3/c1-16(8-4-5-9(17)18)10(19)15-7-3-2-6-11(12,13)14/h2-8H2,1H3,(H,15,19)(H,17,18). The van der Waals surface area contributed by atoms with E-state index >= 15 is 0 Å². The number of alkyl halides is 3. The zero-order valence-corrected chi connectivity index (χ0v) is 10.8. The first-order valence-corrected chi connectivity index (χ1v) is 6.00. The monoisotopic (exact) mass is 284 g/mol. The molecule has 0 aromatic heterocycles. The smallest absolute Gasteiger partial charge is 0.389 e. The molecular formula is C11H19F3N2O3. The van der Waals surface area contributed by atoms with E-state index in [2.05, 4.69) is 5.32 Å². The van der Waals surface area contributed by atoms with E-state index < -0.39 is 24.6 Å². The van der Waals surface area contributed by atoms with E-state index in [0.717, 1.165) is 0 Å². The van der Waals surface area contributed by atoms with Crippen molar-refractivity contribution >= 4 is 12.0 Å². The van der Waals surface area contributed by atoms with E-state index in [0.29, 0.717) is 13.0 Å². The second-order valence-corrected chi connectivity index (χ2v) is 4.22. The van der Waals surface area contributed by atoms with Crippen LogP contribution in [0.2, 0.25) is 0 Å². The minimum atomic E-state index is -4.16. The number of halogens is 3. The molecule has 0 spiro atoms. The largest absolute Gasteiger partial charge is 0.481 e. The van der Waals surface area contributed by atoms with Crippen molar-refractivity contribution in [1.82, 2.24) is 10.2 Å². The van der Waals surface area contributed by atoms with Crippen molar-refractivity contribution in [3.63, 3.8) is 0 Å². The van der Waals surface area contributed by atoms with Crippen molar-refractivity contribution in [2.45, 2.75) is 38.3 Å². The predicted octanol–water partition coefficient (Wildman–Crippen LogP) is 2.23. The van der Waals surface area contributed by atoms with Crippen LogP contribution < -0.4 is 5.32 Å². The summed E-state index contributed by atoms with van der Waals surface area (Å²) in [5, 5.41) is 10.9. The van der Waals surface area contributed by atoms with Crippen LogP contribution in [0.3, 0.4) is 0 Å². The molecule has 0 atom stereocenters. The number of carbonyl (C=O) groups excluding carboxylic acids is 1. The molecule has 19 heavy (non-hydrogen) atoms. The number of carboxylic acids is 1. The summed E-state index contributed by atoms with van der Waals surface area (Å²) in [4.78, 5) is 23.0. The van der Waals surface area contributed by atoms with Gasteiger partial charge in [0.2, 0.25) is 0 Å². The number of unbranched alkanes of at least 4 members (excludes halogenated alkanes) is 1. The van der Waals surface area contributed by atoms with E-state index in [1.807, 2.05) is 0 Å². The van der Waals surface area contributed by atoms with E-state index in [1.54, 1.807) is 0 Å². The van der Waals surface area contributed by atoms with Crippen LogP contribution in [0.5, 0.6) is 0 Å². The van der Waals surface area contributed by atoms with Gasteiger partial charge in [0.15, 0.2) is 0 Å². The molecule has 0 aromatic rings. The molecule has 8 heteroatoms. The summed E-state index contributed by atoms with van der Waals surface area (Å²) in [6.45, 7) is 0.471. The minimum Gasteiger partial charge on any atom is -0.481 e. The van der Waals surface area contributed by atoms with Crippen molar-refractivity contribution in [3.05, 3.63) is 0 Å². The Balaban J connectivity index is 3.59. The molecule has 0 rings (SSSR count). The van der Waals surface area contributed by atoms with Crippen LogP contribution >= 0.6 is 0 Å². The topological polar surface area (TPSA) is 69.6 Å². The number of nitrogens with one attached hydrogen (secondary N) is 1. The molecule has 0 aliphatic carbocycles. The van der Waals surface area contributed by atoms with Crippen molar-refractivity contribution < 1.29 is 27.9 Å². The van der Waals surface area contributed by atoms with E-state index in [4.69, 9.17) is 5.11 Å². The van der Waals surface area contributed by atoms with Crippen molar-refractivity contribution in [1.29, 1.82) is 0 Å². The molecule has 0 saturated heterocycles. The molecular weight excluding hydrogens is 265 g/mol. The lowest BCUT2D eigenvalue weighted by Gasteiger charge is -2.17. The lowest BCUT2D eigenvalue weighted by Crippen LogP contribution is -2.38. The minimum absolute atomic E-state index is 0.0213. The van der Waals surface area contributed by atoms with E-state index in [1.165, 1.54) is 11.9 Å². The number of aliphatic carboxylic acids is 1. The van der Waals surface area contributed by atoms with Crippen LogP contribution in [-0.2, 0) is 4.79 Å². The summed E-state index contributed by atoms with van der Waals surface area (Å²) in [6, 6.07) is -0.405. The number of amides is 2. The van der Waals surface area contributed by atoms with Crippen LogP contribution in [0, 0.1) is 0 Å². The first-order valence-electron chi connectivity index (χ1n) is 6.00. The van der Waals surface area contributed by atoms with Gasteiger partial charge in [0.1, 0.15) is 0 Å². The summed E-state index contributed by atoms with van der Waals surface area (Å²) in [5.41, 5.74) is 0. The molecule has 112 valence electrons. The van der Waals surface area contributed by atoms with Gasteiger partial charge in [0, 0.05) is 33.0 Å². The molecule has 0 aromatic carbocycles. The Kier molecular flexibility index (Phi) is 7.94. The third-order valence-electron chi connectivity index (χ3n) is 2.39. The fourth-order valence-electron chi connectivity index (χ4n) is 1.35. The van der Waals surface area contributed by atoms with Crippen molar-refractivity contribution in [3.8, 4) is 0 Å². The molecule has 0 radical (unpaired) electrons. The average molecular weight is 284 g/mol. The molecule has 0 aliphatic rings. The normalized spacial score (nSPS) is 11.2. The summed E-state index contributed by atoms with van der Waals surface area (Å²) >= 11 is 0. The van der Waals surface area contributed by atoms with Crippen molar-refractivity contribution in [2.24, 2.45) is 0 Å². The zero-order chi connectivity index (χ0) is 14.9. The first kappa shape index (κ1) is 17.5. The average Bonchev–Trinajstić information content (AvgIpc) is 2.26. The fourth-order valence-corrected chi connectivity index (χ4v) is 1.35. The molecule has 0 heterocycles. The molecule has 2 N–H and O–H groups in total. The number of rotatable bonds is 8. The van der Waals surface area contributed by atoms with Gasteiger partial charge in [-0.15, -0.1) is 0 Å². The highest BCUT2D eigenvalue weighted by atomic mass is 19.4. The Labute approximate surface area is 109 Å². The molecule has 0 aliphatic heterocycles. The highest BCUT2D eigenvalue weighted by Gasteiger charge is 2.25. The van der Waals surface area contributed by atoms with Crippen molar-refractivity contribution in [2.75, 3.05) is 20.1 Å². The molecule has 0 bridgehead atoms.